The lowest BCUT2D eigenvalue weighted by Gasteiger charge is -2.09. The summed E-state index contributed by atoms with van der Waals surface area (Å²) in [5.41, 5.74) is 3.26. The van der Waals surface area contributed by atoms with Crippen molar-refractivity contribution in [3.05, 3.63) is 68.4 Å². The minimum absolute atomic E-state index is 0.121. The number of aryl methyl sites for hydroxylation is 3. The Kier molecular flexibility index (Phi) is 3.85. The van der Waals surface area contributed by atoms with Crippen molar-refractivity contribution in [2.24, 2.45) is 0 Å². The second-order valence-electron chi connectivity index (χ2n) is 4.73. The van der Waals surface area contributed by atoms with Crippen LogP contribution in [0.1, 0.15) is 32.6 Å². The molecule has 0 saturated heterocycles. The summed E-state index contributed by atoms with van der Waals surface area (Å²) in [7, 11) is 0. The number of halogens is 2. The summed E-state index contributed by atoms with van der Waals surface area (Å²) in [6.45, 7) is 5.56. The van der Waals surface area contributed by atoms with E-state index in [1.54, 1.807) is 25.1 Å². The van der Waals surface area contributed by atoms with E-state index in [-0.39, 0.29) is 11.3 Å². The minimum atomic E-state index is -0.468. The smallest absolute Gasteiger partial charge is 0.196 e. The Hall–Kier alpha value is -1.48. The predicted molar refractivity (Wildman–Crippen MR) is 78.2 cm³/mol. The summed E-state index contributed by atoms with van der Waals surface area (Å²) in [6.07, 6.45) is 0. The van der Waals surface area contributed by atoms with Crippen molar-refractivity contribution in [1.29, 1.82) is 0 Å². The molecule has 0 aromatic heterocycles. The van der Waals surface area contributed by atoms with Crippen molar-refractivity contribution >= 4 is 21.7 Å². The topological polar surface area (TPSA) is 17.1 Å². The zero-order valence-electron chi connectivity index (χ0n) is 11.1. The molecule has 1 nitrogen and oxygen atoms in total. The number of hydrogen-bond acceptors (Lipinski definition) is 1. The van der Waals surface area contributed by atoms with Gasteiger partial charge in [-0.3, -0.25) is 4.79 Å². The highest BCUT2D eigenvalue weighted by molar-refractivity contribution is 9.10. The maximum atomic E-state index is 13.9. The first kappa shape index (κ1) is 13.9. The normalized spacial score (nSPS) is 10.6. The molecule has 0 N–H and O–H groups in total. The van der Waals surface area contributed by atoms with Crippen molar-refractivity contribution < 1.29 is 9.18 Å². The SMILES string of the molecule is Cc1ccc(C(=O)c2cc(C)c(Br)cc2C)c(F)c1. The van der Waals surface area contributed by atoms with Crippen LogP contribution >= 0.6 is 15.9 Å². The average molecular weight is 321 g/mol. The summed E-state index contributed by atoms with van der Waals surface area (Å²) in [5.74, 6) is -0.740. The molecular weight excluding hydrogens is 307 g/mol. The molecule has 0 saturated carbocycles. The molecule has 0 heterocycles. The number of ketones is 1. The number of benzene rings is 2. The molecule has 0 amide bonds. The number of carbonyl (C=O) groups is 1. The molecule has 2 aromatic rings. The van der Waals surface area contributed by atoms with E-state index in [2.05, 4.69) is 15.9 Å². The number of hydrogen-bond donors (Lipinski definition) is 0. The third-order valence-corrected chi connectivity index (χ3v) is 3.97. The highest BCUT2D eigenvalue weighted by Crippen LogP contribution is 2.24. The van der Waals surface area contributed by atoms with E-state index in [0.717, 1.165) is 21.2 Å². The standard InChI is InChI=1S/C16H14BrFO/c1-9-4-5-12(15(18)6-9)16(19)13-7-11(3)14(17)8-10(13)2/h4-8H,1-3H3. The van der Waals surface area contributed by atoms with Crippen LogP contribution in [0.25, 0.3) is 0 Å². The molecule has 2 aromatic carbocycles. The number of carbonyl (C=O) groups excluding carboxylic acids is 1. The maximum absolute atomic E-state index is 13.9. The lowest BCUT2D eigenvalue weighted by molar-refractivity contribution is 0.103. The summed E-state index contributed by atoms with van der Waals surface area (Å²) in [5, 5.41) is 0. The molecule has 98 valence electrons. The van der Waals surface area contributed by atoms with Crippen LogP contribution in [0.2, 0.25) is 0 Å². The van der Waals surface area contributed by atoms with Gasteiger partial charge < -0.3 is 0 Å². The Morgan fingerprint density at radius 1 is 1.00 bits per heavy atom. The van der Waals surface area contributed by atoms with Crippen LogP contribution in [0.15, 0.2) is 34.8 Å². The zero-order valence-corrected chi connectivity index (χ0v) is 12.6. The van der Waals surface area contributed by atoms with Crippen molar-refractivity contribution in [2.75, 3.05) is 0 Å². The monoisotopic (exact) mass is 320 g/mol. The third-order valence-electron chi connectivity index (χ3n) is 3.12. The summed E-state index contributed by atoms with van der Waals surface area (Å²) in [4.78, 5) is 12.4. The lowest BCUT2D eigenvalue weighted by Crippen LogP contribution is -2.07. The van der Waals surface area contributed by atoms with Crippen molar-refractivity contribution in [3.8, 4) is 0 Å². The first-order chi connectivity index (χ1) is 8.90. The molecule has 0 atom stereocenters. The van der Waals surface area contributed by atoms with E-state index < -0.39 is 5.82 Å². The summed E-state index contributed by atoms with van der Waals surface area (Å²) >= 11 is 3.42. The quantitative estimate of drug-likeness (QED) is 0.730. The molecular formula is C16H14BrFO. The molecule has 0 bridgehead atoms. The highest BCUT2D eigenvalue weighted by Gasteiger charge is 2.17. The fourth-order valence-corrected chi connectivity index (χ4v) is 2.43. The van der Waals surface area contributed by atoms with Gasteiger partial charge in [-0.2, -0.15) is 0 Å². The van der Waals surface area contributed by atoms with Gasteiger partial charge in [-0.25, -0.2) is 4.39 Å². The van der Waals surface area contributed by atoms with E-state index in [4.69, 9.17) is 0 Å². The van der Waals surface area contributed by atoms with Gasteiger partial charge in [-0.1, -0.05) is 22.0 Å². The van der Waals surface area contributed by atoms with Gasteiger partial charge in [0.15, 0.2) is 5.78 Å². The molecule has 0 spiro atoms. The van der Waals surface area contributed by atoms with Crippen molar-refractivity contribution in [1.82, 2.24) is 0 Å². The van der Waals surface area contributed by atoms with E-state index in [1.807, 2.05) is 19.9 Å². The molecule has 2 rings (SSSR count). The fourth-order valence-electron chi connectivity index (χ4n) is 1.97. The van der Waals surface area contributed by atoms with E-state index in [9.17, 15) is 9.18 Å². The Bertz CT molecular complexity index is 662. The Labute approximate surface area is 120 Å². The maximum Gasteiger partial charge on any atom is 0.196 e. The van der Waals surface area contributed by atoms with Crippen LogP contribution in [0, 0.1) is 26.6 Å². The zero-order chi connectivity index (χ0) is 14.2. The predicted octanol–water partition coefficient (Wildman–Crippen LogP) is 4.74. The van der Waals surface area contributed by atoms with Crippen LogP contribution < -0.4 is 0 Å². The van der Waals surface area contributed by atoms with Crippen LogP contribution in [-0.2, 0) is 0 Å². The first-order valence-corrected chi connectivity index (χ1v) is 6.77. The largest absolute Gasteiger partial charge is 0.288 e. The molecule has 0 aliphatic rings. The molecule has 0 radical (unpaired) electrons. The van der Waals surface area contributed by atoms with Gasteiger partial charge >= 0.3 is 0 Å². The van der Waals surface area contributed by atoms with E-state index in [1.165, 1.54) is 6.07 Å². The Morgan fingerprint density at radius 2 is 1.68 bits per heavy atom. The lowest BCUT2D eigenvalue weighted by atomic mass is 9.96. The first-order valence-electron chi connectivity index (χ1n) is 5.97. The van der Waals surface area contributed by atoms with Crippen LogP contribution in [0.3, 0.4) is 0 Å². The molecule has 0 aliphatic carbocycles. The van der Waals surface area contributed by atoms with Gasteiger partial charge in [-0.05, 0) is 61.7 Å². The average Bonchev–Trinajstić information content (AvgIpc) is 2.33. The minimum Gasteiger partial charge on any atom is -0.288 e. The number of rotatable bonds is 2. The molecule has 0 fully saturated rings. The fraction of sp³-hybridized carbons (Fsp3) is 0.188. The van der Waals surface area contributed by atoms with Gasteiger partial charge in [0.25, 0.3) is 0 Å². The van der Waals surface area contributed by atoms with Crippen molar-refractivity contribution in [2.45, 2.75) is 20.8 Å². The Morgan fingerprint density at radius 3 is 2.32 bits per heavy atom. The second-order valence-corrected chi connectivity index (χ2v) is 5.58. The summed E-state index contributed by atoms with van der Waals surface area (Å²) in [6, 6.07) is 8.35. The van der Waals surface area contributed by atoms with Gasteiger partial charge in [0.1, 0.15) is 5.82 Å². The van der Waals surface area contributed by atoms with Crippen LogP contribution in [0.4, 0.5) is 4.39 Å². The highest BCUT2D eigenvalue weighted by atomic mass is 79.9. The summed E-state index contributed by atoms with van der Waals surface area (Å²) < 4.78 is 14.8. The molecule has 0 aliphatic heterocycles. The van der Waals surface area contributed by atoms with Crippen LogP contribution in [0.5, 0.6) is 0 Å². The second kappa shape index (κ2) is 5.25. The van der Waals surface area contributed by atoms with Gasteiger partial charge in [0.2, 0.25) is 0 Å². The van der Waals surface area contributed by atoms with Gasteiger partial charge in [0, 0.05) is 10.0 Å². The molecule has 3 heteroatoms. The van der Waals surface area contributed by atoms with Crippen molar-refractivity contribution in [3.63, 3.8) is 0 Å². The van der Waals surface area contributed by atoms with E-state index >= 15 is 0 Å². The Balaban J connectivity index is 2.53. The third kappa shape index (κ3) is 2.76. The van der Waals surface area contributed by atoms with Crippen LogP contribution in [-0.4, -0.2) is 5.78 Å². The van der Waals surface area contributed by atoms with Gasteiger partial charge in [0.05, 0.1) is 5.56 Å². The van der Waals surface area contributed by atoms with E-state index in [0.29, 0.717) is 5.56 Å². The molecule has 19 heavy (non-hydrogen) atoms. The molecule has 0 unspecified atom stereocenters. The van der Waals surface area contributed by atoms with Gasteiger partial charge in [-0.15, -0.1) is 0 Å².